The van der Waals surface area contributed by atoms with E-state index in [0.29, 0.717) is 6.54 Å². The summed E-state index contributed by atoms with van der Waals surface area (Å²) in [5.41, 5.74) is 1.34. The number of likely N-dealkylation sites (tertiary alicyclic amines) is 1. The molecule has 0 radical (unpaired) electrons. The maximum absolute atomic E-state index is 12.4. The fourth-order valence-corrected chi connectivity index (χ4v) is 3.32. The van der Waals surface area contributed by atoms with Crippen LogP contribution in [0.1, 0.15) is 32.3 Å². The minimum absolute atomic E-state index is 0.0757. The topological polar surface area (TPSA) is 55.8 Å². The van der Waals surface area contributed by atoms with Gasteiger partial charge in [0.2, 0.25) is 5.91 Å². The largest absolute Gasteiger partial charge is 0.395 e. The molecule has 0 saturated carbocycles. The Morgan fingerprint density at radius 2 is 2.00 bits per heavy atom. The molecule has 0 aromatic heterocycles. The Hall–Kier alpha value is -1.43. The highest BCUT2D eigenvalue weighted by molar-refractivity contribution is 5.81. The van der Waals surface area contributed by atoms with E-state index >= 15 is 0 Å². The summed E-state index contributed by atoms with van der Waals surface area (Å²) in [6.45, 7) is 8.35. The van der Waals surface area contributed by atoms with Crippen molar-refractivity contribution in [3.63, 3.8) is 0 Å². The predicted molar refractivity (Wildman–Crippen MR) is 96.7 cm³/mol. The van der Waals surface area contributed by atoms with Gasteiger partial charge in [-0.15, -0.1) is 0 Å². The van der Waals surface area contributed by atoms with E-state index in [1.807, 2.05) is 24.8 Å². The van der Waals surface area contributed by atoms with E-state index in [1.165, 1.54) is 5.56 Å². The van der Waals surface area contributed by atoms with Crippen LogP contribution in [0.15, 0.2) is 30.3 Å². The van der Waals surface area contributed by atoms with E-state index in [1.54, 1.807) is 0 Å². The number of aliphatic hydroxyl groups is 1. The first-order valence-electron chi connectivity index (χ1n) is 9.05. The minimum atomic E-state index is -0.190. The molecule has 0 spiro atoms. The maximum atomic E-state index is 12.4. The van der Waals surface area contributed by atoms with Gasteiger partial charge in [0, 0.05) is 32.2 Å². The summed E-state index contributed by atoms with van der Waals surface area (Å²) >= 11 is 0. The molecule has 1 aromatic rings. The van der Waals surface area contributed by atoms with Gasteiger partial charge in [-0.25, -0.2) is 0 Å². The van der Waals surface area contributed by atoms with Crippen molar-refractivity contribution in [3.8, 4) is 0 Å². The Kier molecular flexibility index (Phi) is 7.69. The first-order valence-corrected chi connectivity index (χ1v) is 9.05. The molecule has 1 atom stereocenters. The summed E-state index contributed by atoms with van der Waals surface area (Å²) in [5.74, 6) is 0.0757. The lowest BCUT2D eigenvalue weighted by Gasteiger charge is -2.34. The standard InChI is InChI=1S/C19H31N3O2/c1-3-22(13-14-23)16(2)19(24)20-18-9-11-21(12-10-18)15-17-7-5-4-6-8-17/h4-8,16,18,23H,3,9-15H2,1-2H3,(H,20,24). The summed E-state index contributed by atoms with van der Waals surface area (Å²) in [6.07, 6.45) is 1.99. The van der Waals surface area contributed by atoms with Crippen LogP contribution in [-0.2, 0) is 11.3 Å². The van der Waals surface area contributed by atoms with Crippen molar-refractivity contribution in [2.45, 2.75) is 45.3 Å². The summed E-state index contributed by atoms with van der Waals surface area (Å²) in [4.78, 5) is 16.9. The Morgan fingerprint density at radius 3 is 2.58 bits per heavy atom. The second kappa shape index (κ2) is 9.77. The molecule has 1 heterocycles. The minimum Gasteiger partial charge on any atom is -0.395 e. The molecule has 1 amide bonds. The van der Waals surface area contributed by atoms with Crippen molar-refractivity contribution < 1.29 is 9.90 Å². The number of benzene rings is 1. The molecule has 2 rings (SSSR count). The van der Waals surface area contributed by atoms with Gasteiger partial charge in [-0.3, -0.25) is 14.6 Å². The number of carbonyl (C=O) groups excluding carboxylic acids is 1. The molecule has 1 saturated heterocycles. The molecule has 1 fully saturated rings. The number of rotatable bonds is 8. The van der Waals surface area contributed by atoms with E-state index in [-0.39, 0.29) is 24.6 Å². The van der Waals surface area contributed by atoms with Gasteiger partial charge in [-0.2, -0.15) is 0 Å². The average molecular weight is 333 g/mol. The molecule has 5 nitrogen and oxygen atoms in total. The number of nitrogens with zero attached hydrogens (tertiary/aromatic N) is 2. The van der Waals surface area contributed by atoms with E-state index in [0.717, 1.165) is 39.0 Å². The first-order chi connectivity index (χ1) is 11.6. The van der Waals surface area contributed by atoms with E-state index in [4.69, 9.17) is 5.11 Å². The third kappa shape index (κ3) is 5.58. The van der Waals surface area contributed by atoms with E-state index < -0.39 is 0 Å². The van der Waals surface area contributed by atoms with Crippen molar-refractivity contribution in [1.82, 2.24) is 15.1 Å². The van der Waals surface area contributed by atoms with Crippen LogP contribution in [0.25, 0.3) is 0 Å². The number of carbonyl (C=O) groups is 1. The van der Waals surface area contributed by atoms with Crippen LogP contribution >= 0.6 is 0 Å². The zero-order valence-corrected chi connectivity index (χ0v) is 14.9. The number of amides is 1. The first kappa shape index (κ1) is 18.9. The average Bonchev–Trinajstić information content (AvgIpc) is 2.61. The van der Waals surface area contributed by atoms with Crippen LogP contribution in [0.2, 0.25) is 0 Å². The lowest BCUT2D eigenvalue weighted by Crippen LogP contribution is -2.51. The lowest BCUT2D eigenvalue weighted by atomic mass is 10.0. The normalized spacial score (nSPS) is 17.8. The molecule has 134 valence electrons. The zero-order chi connectivity index (χ0) is 17.4. The number of hydrogen-bond donors (Lipinski definition) is 2. The molecule has 2 N–H and O–H groups in total. The molecule has 24 heavy (non-hydrogen) atoms. The highest BCUT2D eigenvalue weighted by Gasteiger charge is 2.25. The summed E-state index contributed by atoms with van der Waals surface area (Å²) < 4.78 is 0. The molecular formula is C19H31N3O2. The molecule has 0 bridgehead atoms. The number of hydrogen-bond acceptors (Lipinski definition) is 4. The van der Waals surface area contributed by atoms with Gasteiger partial charge in [0.05, 0.1) is 12.6 Å². The van der Waals surface area contributed by atoms with Gasteiger partial charge in [0.1, 0.15) is 0 Å². The Morgan fingerprint density at radius 1 is 1.33 bits per heavy atom. The molecule has 5 heteroatoms. The smallest absolute Gasteiger partial charge is 0.237 e. The van der Waals surface area contributed by atoms with Gasteiger partial charge in [-0.1, -0.05) is 37.3 Å². The lowest BCUT2D eigenvalue weighted by molar-refractivity contribution is -0.127. The van der Waals surface area contributed by atoms with Crippen LogP contribution in [0.5, 0.6) is 0 Å². The SMILES string of the molecule is CCN(CCO)C(C)C(=O)NC1CCN(Cc2ccccc2)CC1. The number of aliphatic hydroxyl groups excluding tert-OH is 1. The van der Waals surface area contributed by atoms with Crippen molar-refractivity contribution in [2.24, 2.45) is 0 Å². The van der Waals surface area contributed by atoms with E-state index in [2.05, 4.69) is 34.5 Å². The van der Waals surface area contributed by atoms with Crippen molar-refractivity contribution >= 4 is 5.91 Å². The van der Waals surface area contributed by atoms with Crippen molar-refractivity contribution in [2.75, 3.05) is 32.8 Å². The Labute approximate surface area is 145 Å². The van der Waals surface area contributed by atoms with Crippen molar-refractivity contribution in [1.29, 1.82) is 0 Å². The quantitative estimate of drug-likeness (QED) is 0.756. The zero-order valence-electron chi connectivity index (χ0n) is 14.9. The van der Waals surface area contributed by atoms with Crippen molar-refractivity contribution in [3.05, 3.63) is 35.9 Å². The maximum Gasteiger partial charge on any atom is 0.237 e. The molecule has 1 unspecified atom stereocenters. The Bertz CT molecular complexity index is 487. The number of piperidine rings is 1. The fraction of sp³-hybridized carbons (Fsp3) is 0.632. The fourth-order valence-electron chi connectivity index (χ4n) is 3.32. The highest BCUT2D eigenvalue weighted by Crippen LogP contribution is 2.14. The van der Waals surface area contributed by atoms with Gasteiger partial charge < -0.3 is 10.4 Å². The third-order valence-corrected chi connectivity index (χ3v) is 4.90. The molecule has 0 aliphatic carbocycles. The second-order valence-corrected chi connectivity index (χ2v) is 6.57. The summed E-state index contributed by atoms with van der Waals surface area (Å²) in [5, 5.41) is 12.3. The van der Waals surface area contributed by atoms with Gasteiger partial charge in [0.15, 0.2) is 0 Å². The van der Waals surface area contributed by atoms with E-state index in [9.17, 15) is 4.79 Å². The Balaban J connectivity index is 1.75. The third-order valence-electron chi connectivity index (χ3n) is 4.90. The molecular weight excluding hydrogens is 302 g/mol. The second-order valence-electron chi connectivity index (χ2n) is 6.57. The number of nitrogens with one attached hydrogen (secondary N) is 1. The van der Waals surface area contributed by atoms with Crippen LogP contribution in [0.4, 0.5) is 0 Å². The highest BCUT2D eigenvalue weighted by atomic mass is 16.3. The van der Waals surface area contributed by atoms with Gasteiger partial charge >= 0.3 is 0 Å². The van der Waals surface area contributed by atoms with Gasteiger partial charge in [0.25, 0.3) is 0 Å². The predicted octanol–water partition coefficient (Wildman–Crippen LogP) is 1.47. The van der Waals surface area contributed by atoms with Crippen LogP contribution in [-0.4, -0.2) is 65.7 Å². The molecule has 1 aromatic carbocycles. The molecule has 1 aliphatic rings. The van der Waals surface area contributed by atoms with Crippen LogP contribution < -0.4 is 5.32 Å². The summed E-state index contributed by atoms with van der Waals surface area (Å²) in [6, 6.07) is 10.6. The summed E-state index contributed by atoms with van der Waals surface area (Å²) in [7, 11) is 0. The van der Waals surface area contributed by atoms with Crippen LogP contribution in [0.3, 0.4) is 0 Å². The monoisotopic (exact) mass is 333 g/mol. The van der Waals surface area contributed by atoms with Crippen LogP contribution in [0, 0.1) is 0 Å². The molecule has 1 aliphatic heterocycles. The number of likely N-dealkylation sites (N-methyl/N-ethyl adjacent to an activating group) is 1. The van der Waals surface area contributed by atoms with Gasteiger partial charge in [-0.05, 0) is 31.9 Å².